The lowest BCUT2D eigenvalue weighted by Gasteiger charge is -2.22. The fourth-order valence-corrected chi connectivity index (χ4v) is 0.859. The summed E-state index contributed by atoms with van der Waals surface area (Å²) in [5.74, 6) is 0. The molecule has 9 heavy (non-hydrogen) atoms. The van der Waals surface area contributed by atoms with Crippen LogP contribution in [0.2, 0.25) is 0 Å². The van der Waals surface area contributed by atoms with E-state index in [2.05, 4.69) is 10.2 Å². The van der Waals surface area contributed by atoms with Gasteiger partial charge >= 0.3 is 0 Å². The molecule has 0 aromatic carbocycles. The lowest BCUT2D eigenvalue weighted by Crippen LogP contribution is -2.08. The number of H-pyrrole nitrogens is 1. The van der Waals surface area contributed by atoms with Crippen LogP contribution in [0.1, 0.15) is 0 Å². The van der Waals surface area contributed by atoms with Gasteiger partial charge in [-0.05, 0) is 0 Å². The molecule has 0 unspecified atom stereocenters. The summed E-state index contributed by atoms with van der Waals surface area (Å²) in [5.41, 5.74) is 0. The Hall–Kier alpha value is -0.560. The van der Waals surface area contributed by atoms with Gasteiger partial charge in [0.1, 0.15) is 0 Å². The Morgan fingerprint density at radius 3 is 2.56 bits per heavy atom. The van der Waals surface area contributed by atoms with Crippen molar-refractivity contribution >= 4 is 10.8 Å². The van der Waals surface area contributed by atoms with Crippen LogP contribution in [0.15, 0.2) is 17.3 Å². The van der Waals surface area contributed by atoms with Gasteiger partial charge in [0.2, 0.25) is 0 Å². The van der Waals surface area contributed by atoms with Crippen molar-refractivity contribution in [3.05, 3.63) is 12.3 Å². The summed E-state index contributed by atoms with van der Waals surface area (Å²) in [5, 5.41) is 10.9. The highest BCUT2D eigenvalue weighted by molar-refractivity contribution is 8.22. The maximum Gasteiger partial charge on any atom is 0.158 e. The first kappa shape index (κ1) is 6.56. The molecule has 0 bridgehead atoms. The third-order valence-electron chi connectivity index (χ3n) is 0.799. The van der Waals surface area contributed by atoms with Crippen LogP contribution in [0.3, 0.4) is 0 Å². The van der Waals surface area contributed by atoms with Crippen LogP contribution in [-0.4, -0.2) is 19.3 Å². The quantitative estimate of drug-likeness (QED) is 0.464. The Morgan fingerprint density at radius 1 is 1.67 bits per heavy atom. The first-order chi connectivity index (χ1) is 4.11. The van der Waals surface area contributed by atoms with Crippen molar-refractivity contribution in [3.63, 3.8) is 0 Å². The molecule has 1 aromatic heterocycles. The Morgan fingerprint density at radius 2 is 2.33 bits per heavy atom. The van der Waals surface area contributed by atoms with Crippen molar-refractivity contribution in [2.24, 2.45) is 5.14 Å². The molecule has 0 atom stereocenters. The van der Waals surface area contributed by atoms with Crippen molar-refractivity contribution in [1.82, 2.24) is 10.2 Å². The molecule has 0 saturated carbocycles. The Labute approximate surface area is 53.4 Å². The van der Waals surface area contributed by atoms with Gasteiger partial charge in [-0.2, -0.15) is 5.10 Å². The second-order valence-electron chi connectivity index (χ2n) is 1.51. The lowest BCUT2D eigenvalue weighted by atomic mass is 10.8. The van der Waals surface area contributed by atoms with E-state index in [1.165, 1.54) is 12.3 Å². The Bertz CT molecular complexity index is 179. The normalized spacial score (nSPS) is 13.7. The van der Waals surface area contributed by atoms with Crippen molar-refractivity contribution in [3.8, 4) is 0 Å². The number of nitrogens with zero attached hydrogens (tertiary/aromatic N) is 1. The van der Waals surface area contributed by atoms with Crippen LogP contribution in [-0.2, 0) is 0 Å². The smallest absolute Gasteiger partial charge is 0.158 e. The zero-order valence-corrected chi connectivity index (χ0v) is 5.30. The highest BCUT2D eigenvalue weighted by atomic mass is 32.3. The van der Waals surface area contributed by atoms with Crippen LogP contribution in [0.4, 0.5) is 0 Å². The van der Waals surface area contributed by atoms with Gasteiger partial charge < -0.3 is 0 Å². The predicted molar refractivity (Wildman–Crippen MR) is 33.9 cm³/mol. The molecule has 5 nitrogen and oxygen atoms in total. The minimum Gasteiger partial charge on any atom is -0.280 e. The van der Waals surface area contributed by atoms with Gasteiger partial charge in [0.25, 0.3) is 0 Å². The molecule has 5 N–H and O–H groups in total. The van der Waals surface area contributed by atoms with Crippen LogP contribution in [0, 0.1) is 0 Å². The standard InChI is InChI=1S/C3H7N3O2S/c4-9(7,8)3-1-2-5-6-3/h1-2,7-8H,4H2,(H,5,6). The van der Waals surface area contributed by atoms with Gasteiger partial charge in [0.15, 0.2) is 5.03 Å². The molecule has 1 rings (SSSR count). The molecule has 0 fully saturated rings. The Balaban J connectivity index is 2.90. The molecule has 1 heterocycles. The van der Waals surface area contributed by atoms with E-state index in [0.717, 1.165) is 0 Å². The molecule has 0 spiro atoms. The second-order valence-corrected chi connectivity index (χ2v) is 3.14. The molecule has 0 aliphatic rings. The van der Waals surface area contributed by atoms with Gasteiger partial charge in [0, 0.05) is 6.07 Å². The van der Waals surface area contributed by atoms with Crippen molar-refractivity contribution in [2.75, 3.05) is 0 Å². The molecular formula is C3H7N3O2S. The highest BCUT2D eigenvalue weighted by Crippen LogP contribution is 2.37. The molecule has 0 aliphatic carbocycles. The minimum atomic E-state index is -3.08. The number of nitrogens with one attached hydrogen (secondary N) is 1. The third kappa shape index (κ3) is 1.42. The van der Waals surface area contributed by atoms with Crippen molar-refractivity contribution in [1.29, 1.82) is 0 Å². The van der Waals surface area contributed by atoms with Gasteiger partial charge in [-0.15, -0.1) is 0 Å². The molecule has 52 valence electrons. The van der Waals surface area contributed by atoms with Gasteiger partial charge in [-0.25, -0.2) is 5.14 Å². The van der Waals surface area contributed by atoms with E-state index in [0.29, 0.717) is 0 Å². The fourth-order valence-electron chi connectivity index (χ4n) is 0.410. The SMILES string of the molecule is NS(O)(O)c1ccn[nH]1. The monoisotopic (exact) mass is 149 g/mol. The highest BCUT2D eigenvalue weighted by Gasteiger charge is 2.08. The summed E-state index contributed by atoms with van der Waals surface area (Å²) in [7, 11) is -3.08. The first-order valence-corrected chi connectivity index (χ1v) is 3.77. The van der Waals surface area contributed by atoms with Crippen LogP contribution in [0.25, 0.3) is 0 Å². The lowest BCUT2D eigenvalue weighted by molar-refractivity contribution is 0.484. The maximum absolute atomic E-state index is 8.72. The van der Waals surface area contributed by atoms with Crippen LogP contribution in [0.5, 0.6) is 0 Å². The summed E-state index contributed by atoms with van der Waals surface area (Å²) in [4.78, 5) is 0. The van der Waals surface area contributed by atoms with Crippen LogP contribution < -0.4 is 5.14 Å². The van der Waals surface area contributed by atoms with Crippen molar-refractivity contribution in [2.45, 2.75) is 5.03 Å². The number of hydrogen-bond donors (Lipinski definition) is 4. The summed E-state index contributed by atoms with van der Waals surface area (Å²) < 4.78 is 17.4. The average Bonchev–Trinajstić information content (AvgIpc) is 2.08. The van der Waals surface area contributed by atoms with E-state index in [1.807, 2.05) is 0 Å². The Kier molecular flexibility index (Phi) is 1.45. The second kappa shape index (κ2) is 1.99. The summed E-state index contributed by atoms with van der Waals surface area (Å²) in [6.07, 6.45) is 1.40. The van der Waals surface area contributed by atoms with Gasteiger partial charge in [0.05, 0.1) is 6.20 Å². The summed E-state index contributed by atoms with van der Waals surface area (Å²) in [6, 6.07) is 1.41. The number of aromatic amines is 1. The van der Waals surface area contributed by atoms with E-state index in [9.17, 15) is 0 Å². The molecular weight excluding hydrogens is 142 g/mol. The molecule has 0 saturated heterocycles. The molecule has 1 aromatic rings. The molecule has 0 amide bonds. The number of rotatable bonds is 1. The number of hydrogen-bond acceptors (Lipinski definition) is 4. The topological polar surface area (TPSA) is 95.2 Å². The molecule has 0 radical (unpaired) electrons. The summed E-state index contributed by atoms with van der Waals surface area (Å²) >= 11 is 0. The molecule has 0 aliphatic heterocycles. The van der Waals surface area contributed by atoms with Gasteiger partial charge in [-0.3, -0.25) is 14.2 Å². The largest absolute Gasteiger partial charge is 0.280 e. The molecule has 6 heteroatoms. The zero-order valence-electron chi connectivity index (χ0n) is 4.48. The van der Waals surface area contributed by atoms with Gasteiger partial charge in [-0.1, -0.05) is 10.8 Å². The van der Waals surface area contributed by atoms with Crippen molar-refractivity contribution < 1.29 is 9.11 Å². The fraction of sp³-hybridized carbons (Fsp3) is 0. The number of aromatic nitrogens is 2. The van der Waals surface area contributed by atoms with E-state index >= 15 is 0 Å². The summed E-state index contributed by atoms with van der Waals surface area (Å²) in [6.45, 7) is 0. The zero-order chi connectivity index (χ0) is 6.91. The van der Waals surface area contributed by atoms with E-state index < -0.39 is 10.8 Å². The van der Waals surface area contributed by atoms with E-state index in [1.54, 1.807) is 0 Å². The predicted octanol–water partition coefficient (Wildman–Crippen LogP) is 0.393. The van der Waals surface area contributed by atoms with E-state index in [-0.39, 0.29) is 5.03 Å². The van der Waals surface area contributed by atoms with Crippen LogP contribution >= 0.6 is 10.8 Å². The first-order valence-electron chi connectivity index (χ1n) is 2.16. The number of nitrogens with two attached hydrogens (primary N) is 1. The average molecular weight is 149 g/mol. The third-order valence-corrected chi connectivity index (χ3v) is 1.67. The maximum atomic E-state index is 8.72. The minimum absolute atomic E-state index is 0.155. The van der Waals surface area contributed by atoms with E-state index in [4.69, 9.17) is 14.2 Å².